The highest BCUT2D eigenvalue weighted by molar-refractivity contribution is 5.69. The summed E-state index contributed by atoms with van der Waals surface area (Å²) >= 11 is 0. The molecule has 0 saturated heterocycles. The zero-order chi connectivity index (χ0) is 13.8. The van der Waals surface area contributed by atoms with E-state index in [1.165, 1.54) is 18.2 Å². The van der Waals surface area contributed by atoms with Gasteiger partial charge in [-0.1, -0.05) is 17.7 Å². The number of rotatable bonds is 5. The number of methoxy groups -OCH3 is 1. The molecule has 4 heteroatoms. The number of esters is 1. The second-order valence-corrected chi connectivity index (χ2v) is 5.14. The maximum absolute atomic E-state index is 11.1. The molecule has 0 amide bonds. The third-order valence-electron chi connectivity index (χ3n) is 3.40. The van der Waals surface area contributed by atoms with Crippen molar-refractivity contribution in [1.82, 2.24) is 4.90 Å². The summed E-state index contributed by atoms with van der Waals surface area (Å²) in [4.78, 5) is 13.2. The summed E-state index contributed by atoms with van der Waals surface area (Å²) in [6, 6.07) is 6.30. The van der Waals surface area contributed by atoms with Crippen LogP contribution in [0.5, 0.6) is 5.75 Å². The number of carbonyl (C=O) groups is 1. The first-order valence-corrected chi connectivity index (χ1v) is 6.60. The van der Waals surface area contributed by atoms with E-state index in [1.807, 2.05) is 13.1 Å². The molecule has 0 N–H and O–H groups in total. The zero-order valence-corrected chi connectivity index (χ0v) is 11.8. The van der Waals surface area contributed by atoms with Crippen molar-refractivity contribution >= 4 is 5.97 Å². The highest BCUT2D eigenvalue weighted by Gasteiger charge is 2.23. The molecule has 0 radical (unpaired) electrons. The average molecular weight is 263 g/mol. The first-order chi connectivity index (χ1) is 9.08. The van der Waals surface area contributed by atoms with Crippen molar-refractivity contribution in [2.75, 3.05) is 27.2 Å². The molecule has 0 bridgehead atoms. The number of ether oxygens (including phenoxy) is 2. The molecule has 0 saturated carbocycles. The molecular weight excluding hydrogens is 242 g/mol. The predicted octanol–water partition coefficient (Wildman–Crippen LogP) is 1.79. The quantitative estimate of drug-likeness (QED) is 0.759. The van der Waals surface area contributed by atoms with Crippen molar-refractivity contribution in [3.05, 3.63) is 29.3 Å². The smallest absolute Gasteiger partial charge is 0.306 e. The monoisotopic (exact) mass is 263 g/mol. The number of likely N-dealkylation sites (N-methyl/N-ethyl adjacent to an activating group) is 1. The molecule has 0 fully saturated rings. The molecule has 0 aromatic heterocycles. The fourth-order valence-corrected chi connectivity index (χ4v) is 2.37. The number of hydrogen-bond donors (Lipinski definition) is 0. The fourth-order valence-electron chi connectivity index (χ4n) is 2.37. The Labute approximate surface area is 114 Å². The van der Waals surface area contributed by atoms with Crippen LogP contribution in [-0.2, 0) is 16.0 Å². The van der Waals surface area contributed by atoms with Gasteiger partial charge < -0.3 is 14.4 Å². The lowest BCUT2D eigenvalue weighted by Crippen LogP contribution is -2.33. The van der Waals surface area contributed by atoms with E-state index in [1.54, 1.807) is 0 Å². The first-order valence-electron chi connectivity index (χ1n) is 6.60. The van der Waals surface area contributed by atoms with Gasteiger partial charge in [-0.15, -0.1) is 0 Å². The van der Waals surface area contributed by atoms with E-state index in [0.717, 1.165) is 18.7 Å². The maximum atomic E-state index is 11.1. The van der Waals surface area contributed by atoms with Gasteiger partial charge in [0.2, 0.25) is 0 Å². The van der Waals surface area contributed by atoms with Gasteiger partial charge in [-0.05, 0) is 25.6 Å². The van der Waals surface area contributed by atoms with Crippen LogP contribution in [0.25, 0.3) is 0 Å². The van der Waals surface area contributed by atoms with Crippen LogP contribution < -0.4 is 4.74 Å². The predicted molar refractivity (Wildman–Crippen MR) is 73.4 cm³/mol. The fraction of sp³-hybridized carbons (Fsp3) is 0.533. The van der Waals surface area contributed by atoms with Crippen LogP contribution in [0.3, 0.4) is 0 Å². The summed E-state index contributed by atoms with van der Waals surface area (Å²) in [5.41, 5.74) is 2.55. The van der Waals surface area contributed by atoms with Crippen LogP contribution >= 0.6 is 0 Å². The second-order valence-electron chi connectivity index (χ2n) is 5.14. The van der Waals surface area contributed by atoms with Crippen LogP contribution in [0.4, 0.5) is 0 Å². The molecule has 1 aromatic carbocycles. The number of carbonyl (C=O) groups excluding carboxylic acids is 1. The third-order valence-corrected chi connectivity index (χ3v) is 3.40. The van der Waals surface area contributed by atoms with E-state index in [4.69, 9.17) is 4.74 Å². The Balaban J connectivity index is 1.81. The molecule has 1 aliphatic rings. The lowest BCUT2D eigenvalue weighted by molar-refractivity contribution is -0.140. The van der Waals surface area contributed by atoms with E-state index in [0.29, 0.717) is 13.0 Å². The number of aryl methyl sites for hydroxylation is 1. The molecule has 1 heterocycles. The Morgan fingerprint density at radius 3 is 3.05 bits per heavy atom. The summed E-state index contributed by atoms with van der Waals surface area (Å²) in [6.07, 6.45) is 1.55. The topological polar surface area (TPSA) is 38.8 Å². The lowest BCUT2D eigenvalue weighted by Gasteiger charge is -2.20. The van der Waals surface area contributed by atoms with Gasteiger partial charge in [0, 0.05) is 19.5 Å². The first kappa shape index (κ1) is 13.9. The Bertz CT molecular complexity index is 459. The van der Waals surface area contributed by atoms with Gasteiger partial charge in [0.15, 0.2) is 0 Å². The Morgan fingerprint density at radius 2 is 2.32 bits per heavy atom. The molecule has 19 heavy (non-hydrogen) atoms. The second kappa shape index (κ2) is 6.06. The molecule has 104 valence electrons. The molecule has 0 spiro atoms. The summed E-state index contributed by atoms with van der Waals surface area (Å²) in [5, 5.41) is 0. The maximum Gasteiger partial charge on any atom is 0.306 e. The van der Waals surface area contributed by atoms with Gasteiger partial charge in [-0.3, -0.25) is 4.79 Å². The Kier molecular flexibility index (Phi) is 4.43. The summed E-state index contributed by atoms with van der Waals surface area (Å²) < 4.78 is 10.5. The summed E-state index contributed by atoms with van der Waals surface area (Å²) in [6.45, 7) is 3.61. The van der Waals surface area contributed by atoms with E-state index >= 15 is 0 Å². The van der Waals surface area contributed by atoms with E-state index in [9.17, 15) is 4.79 Å². The van der Waals surface area contributed by atoms with Crippen molar-refractivity contribution < 1.29 is 14.3 Å². The molecule has 4 nitrogen and oxygen atoms in total. The van der Waals surface area contributed by atoms with Gasteiger partial charge in [0.1, 0.15) is 11.9 Å². The van der Waals surface area contributed by atoms with Gasteiger partial charge in [-0.2, -0.15) is 0 Å². The van der Waals surface area contributed by atoms with Crippen molar-refractivity contribution in [2.45, 2.75) is 25.9 Å². The number of hydrogen-bond acceptors (Lipinski definition) is 4. The van der Waals surface area contributed by atoms with Crippen LogP contribution in [0.1, 0.15) is 17.5 Å². The standard InChI is InChI=1S/C15H21NO3/c1-11-4-5-14-12(8-11)9-13(19-14)10-16(2)7-6-15(17)18-3/h4-5,8,13H,6-7,9-10H2,1-3H3. The van der Waals surface area contributed by atoms with Crippen LogP contribution in [0.15, 0.2) is 18.2 Å². The van der Waals surface area contributed by atoms with Crippen LogP contribution in [0.2, 0.25) is 0 Å². The molecule has 0 aliphatic carbocycles. The highest BCUT2D eigenvalue weighted by Crippen LogP contribution is 2.29. The highest BCUT2D eigenvalue weighted by atomic mass is 16.5. The largest absolute Gasteiger partial charge is 0.488 e. The minimum Gasteiger partial charge on any atom is -0.488 e. The number of nitrogens with zero attached hydrogens (tertiary/aromatic N) is 1. The molecule has 1 atom stereocenters. The lowest BCUT2D eigenvalue weighted by atomic mass is 10.1. The zero-order valence-electron chi connectivity index (χ0n) is 11.8. The van der Waals surface area contributed by atoms with E-state index in [2.05, 4.69) is 28.7 Å². The van der Waals surface area contributed by atoms with Crippen LogP contribution in [-0.4, -0.2) is 44.2 Å². The van der Waals surface area contributed by atoms with E-state index in [-0.39, 0.29) is 12.1 Å². The molecule has 2 rings (SSSR count). The molecular formula is C15H21NO3. The van der Waals surface area contributed by atoms with Crippen molar-refractivity contribution in [3.63, 3.8) is 0 Å². The molecule has 1 aliphatic heterocycles. The van der Waals surface area contributed by atoms with Gasteiger partial charge in [0.25, 0.3) is 0 Å². The molecule has 1 aromatic rings. The van der Waals surface area contributed by atoms with Gasteiger partial charge in [0.05, 0.1) is 13.5 Å². The Morgan fingerprint density at radius 1 is 1.53 bits per heavy atom. The minimum atomic E-state index is -0.168. The number of benzene rings is 1. The van der Waals surface area contributed by atoms with Crippen molar-refractivity contribution in [1.29, 1.82) is 0 Å². The summed E-state index contributed by atoms with van der Waals surface area (Å²) in [7, 11) is 3.42. The normalized spacial score (nSPS) is 17.2. The van der Waals surface area contributed by atoms with Gasteiger partial charge >= 0.3 is 5.97 Å². The van der Waals surface area contributed by atoms with Crippen molar-refractivity contribution in [2.24, 2.45) is 0 Å². The van der Waals surface area contributed by atoms with Crippen molar-refractivity contribution in [3.8, 4) is 5.75 Å². The Hall–Kier alpha value is -1.55. The molecule has 1 unspecified atom stereocenters. The summed E-state index contributed by atoms with van der Waals surface area (Å²) in [5.74, 6) is 0.829. The third kappa shape index (κ3) is 3.70. The number of fused-ring (bicyclic) bond motifs is 1. The SMILES string of the molecule is COC(=O)CCN(C)CC1Cc2cc(C)ccc2O1. The minimum absolute atomic E-state index is 0.168. The van der Waals surface area contributed by atoms with Crippen LogP contribution in [0, 0.1) is 6.92 Å². The van der Waals surface area contributed by atoms with Gasteiger partial charge in [-0.25, -0.2) is 0 Å². The van der Waals surface area contributed by atoms with E-state index < -0.39 is 0 Å². The average Bonchev–Trinajstić information content (AvgIpc) is 2.77.